The van der Waals surface area contributed by atoms with Gasteiger partial charge >= 0.3 is 0 Å². The quantitative estimate of drug-likeness (QED) is 0.361. The molecule has 0 unspecified atom stereocenters. The van der Waals surface area contributed by atoms with E-state index in [9.17, 15) is 0 Å². The van der Waals surface area contributed by atoms with Crippen molar-refractivity contribution in [3.63, 3.8) is 0 Å². The highest BCUT2D eigenvalue weighted by atomic mass is 127. The van der Waals surface area contributed by atoms with Crippen molar-refractivity contribution in [3.8, 4) is 0 Å². The standard InChI is InChI=1S/C12H21N5O.HI/c1-16-10-11(9-15-16)3-2-4-14-12(13)17-5-7-18-8-6-17;/h9-10H,2-8H2,1H3,(H2,13,14);1H. The van der Waals surface area contributed by atoms with Crippen LogP contribution in [0.5, 0.6) is 0 Å². The van der Waals surface area contributed by atoms with Crippen LogP contribution in [0.25, 0.3) is 0 Å². The average molecular weight is 379 g/mol. The molecule has 1 fully saturated rings. The van der Waals surface area contributed by atoms with E-state index in [2.05, 4.69) is 15.0 Å². The molecule has 1 aromatic heterocycles. The van der Waals surface area contributed by atoms with Crippen LogP contribution in [0.2, 0.25) is 0 Å². The molecule has 0 radical (unpaired) electrons. The largest absolute Gasteiger partial charge is 0.378 e. The zero-order chi connectivity index (χ0) is 12.8. The third-order valence-corrected chi connectivity index (χ3v) is 2.99. The molecule has 2 N–H and O–H groups in total. The van der Waals surface area contributed by atoms with Gasteiger partial charge in [-0.3, -0.25) is 9.67 Å². The molecule has 0 spiro atoms. The third kappa shape index (κ3) is 5.35. The van der Waals surface area contributed by atoms with Gasteiger partial charge in [0.2, 0.25) is 0 Å². The highest BCUT2D eigenvalue weighted by molar-refractivity contribution is 14.0. The van der Waals surface area contributed by atoms with Gasteiger partial charge < -0.3 is 15.4 Å². The summed E-state index contributed by atoms with van der Waals surface area (Å²) in [6, 6.07) is 0. The molecule has 0 bridgehead atoms. The highest BCUT2D eigenvalue weighted by Gasteiger charge is 2.11. The number of hydrogen-bond donors (Lipinski definition) is 1. The van der Waals surface area contributed by atoms with E-state index in [1.165, 1.54) is 5.56 Å². The Morgan fingerprint density at radius 3 is 2.84 bits per heavy atom. The van der Waals surface area contributed by atoms with Crippen molar-refractivity contribution in [2.75, 3.05) is 32.8 Å². The second-order valence-electron chi connectivity index (χ2n) is 4.47. The van der Waals surface area contributed by atoms with E-state index in [0.29, 0.717) is 5.96 Å². The summed E-state index contributed by atoms with van der Waals surface area (Å²) >= 11 is 0. The van der Waals surface area contributed by atoms with Gasteiger partial charge in [-0.25, -0.2) is 0 Å². The van der Waals surface area contributed by atoms with Crippen LogP contribution < -0.4 is 5.73 Å². The lowest BCUT2D eigenvalue weighted by molar-refractivity contribution is 0.0674. The van der Waals surface area contributed by atoms with Gasteiger partial charge in [0.25, 0.3) is 0 Å². The van der Waals surface area contributed by atoms with Crippen molar-refractivity contribution in [3.05, 3.63) is 18.0 Å². The van der Waals surface area contributed by atoms with E-state index >= 15 is 0 Å². The maximum Gasteiger partial charge on any atom is 0.191 e. The van der Waals surface area contributed by atoms with E-state index in [0.717, 1.165) is 45.7 Å². The molecular weight excluding hydrogens is 357 g/mol. The summed E-state index contributed by atoms with van der Waals surface area (Å²) in [5.41, 5.74) is 7.18. The van der Waals surface area contributed by atoms with Crippen LogP contribution in [0.4, 0.5) is 0 Å². The Morgan fingerprint density at radius 1 is 1.47 bits per heavy atom. The van der Waals surface area contributed by atoms with Gasteiger partial charge in [0.15, 0.2) is 5.96 Å². The Balaban J connectivity index is 0.00000180. The molecule has 0 aromatic carbocycles. The van der Waals surface area contributed by atoms with Crippen LogP contribution in [0.1, 0.15) is 12.0 Å². The molecule has 0 aliphatic carbocycles. The number of rotatable bonds is 4. The first-order chi connectivity index (χ1) is 8.75. The van der Waals surface area contributed by atoms with Crippen molar-refractivity contribution in [1.29, 1.82) is 0 Å². The number of halogens is 1. The minimum atomic E-state index is 0. The molecule has 19 heavy (non-hydrogen) atoms. The van der Waals surface area contributed by atoms with Gasteiger partial charge in [-0.15, -0.1) is 24.0 Å². The zero-order valence-electron chi connectivity index (χ0n) is 11.3. The average Bonchev–Trinajstić information content (AvgIpc) is 2.81. The smallest absolute Gasteiger partial charge is 0.191 e. The number of aryl methyl sites for hydroxylation is 2. The molecule has 1 aliphatic heterocycles. The second-order valence-corrected chi connectivity index (χ2v) is 4.47. The van der Waals surface area contributed by atoms with Crippen LogP contribution in [-0.4, -0.2) is 53.5 Å². The summed E-state index contributed by atoms with van der Waals surface area (Å²) in [4.78, 5) is 6.48. The molecule has 1 aromatic rings. The fourth-order valence-corrected chi connectivity index (χ4v) is 1.97. The maximum absolute atomic E-state index is 5.94. The van der Waals surface area contributed by atoms with Crippen LogP contribution >= 0.6 is 24.0 Å². The number of nitrogens with two attached hydrogens (primary N) is 1. The normalized spacial score (nSPS) is 16.3. The molecular formula is C12H22IN5O. The Morgan fingerprint density at radius 2 is 2.21 bits per heavy atom. The molecule has 1 aliphatic rings. The molecule has 2 rings (SSSR count). The van der Waals surface area contributed by atoms with Crippen molar-refractivity contribution in [2.45, 2.75) is 12.8 Å². The number of ether oxygens (including phenoxy) is 1. The van der Waals surface area contributed by atoms with E-state index < -0.39 is 0 Å². The molecule has 6 nitrogen and oxygen atoms in total. The lowest BCUT2D eigenvalue weighted by Crippen LogP contribution is -2.44. The van der Waals surface area contributed by atoms with Crippen molar-refractivity contribution in [2.24, 2.45) is 17.8 Å². The van der Waals surface area contributed by atoms with Crippen LogP contribution in [0, 0.1) is 0 Å². The number of aromatic nitrogens is 2. The van der Waals surface area contributed by atoms with Crippen molar-refractivity contribution >= 4 is 29.9 Å². The van der Waals surface area contributed by atoms with Crippen molar-refractivity contribution in [1.82, 2.24) is 14.7 Å². The second kappa shape index (κ2) is 8.36. The highest BCUT2D eigenvalue weighted by Crippen LogP contribution is 2.01. The lowest BCUT2D eigenvalue weighted by Gasteiger charge is -2.27. The van der Waals surface area contributed by atoms with Gasteiger partial charge in [0, 0.05) is 32.9 Å². The number of nitrogens with zero attached hydrogens (tertiary/aromatic N) is 4. The predicted molar refractivity (Wildman–Crippen MR) is 85.8 cm³/mol. The minimum Gasteiger partial charge on any atom is -0.378 e. The zero-order valence-corrected chi connectivity index (χ0v) is 13.6. The number of aliphatic imine (C=N–C) groups is 1. The topological polar surface area (TPSA) is 68.7 Å². The van der Waals surface area contributed by atoms with Gasteiger partial charge in [0.05, 0.1) is 19.4 Å². The molecule has 2 heterocycles. The lowest BCUT2D eigenvalue weighted by atomic mass is 10.2. The van der Waals surface area contributed by atoms with Crippen LogP contribution in [-0.2, 0) is 18.2 Å². The molecule has 1 saturated heterocycles. The molecule has 7 heteroatoms. The van der Waals surface area contributed by atoms with Gasteiger partial charge in [0.1, 0.15) is 0 Å². The number of hydrogen-bond acceptors (Lipinski definition) is 3. The Labute approximate surface area is 131 Å². The Hall–Kier alpha value is -0.830. The first-order valence-corrected chi connectivity index (χ1v) is 6.36. The molecule has 0 atom stereocenters. The van der Waals surface area contributed by atoms with E-state index in [1.807, 2.05) is 24.1 Å². The summed E-state index contributed by atoms with van der Waals surface area (Å²) in [7, 11) is 1.93. The van der Waals surface area contributed by atoms with Crippen molar-refractivity contribution < 1.29 is 4.74 Å². The predicted octanol–water partition coefficient (Wildman–Crippen LogP) is 0.618. The number of guanidine groups is 1. The van der Waals surface area contributed by atoms with Gasteiger partial charge in [-0.05, 0) is 18.4 Å². The SMILES string of the molecule is Cn1cc(CCCN=C(N)N2CCOCC2)cn1.I. The minimum absolute atomic E-state index is 0. The molecule has 0 saturated carbocycles. The summed E-state index contributed by atoms with van der Waals surface area (Å²) < 4.78 is 7.09. The molecule has 0 amide bonds. The first kappa shape index (κ1) is 16.2. The van der Waals surface area contributed by atoms with Gasteiger partial charge in [-0.2, -0.15) is 5.10 Å². The van der Waals surface area contributed by atoms with E-state index in [4.69, 9.17) is 10.5 Å². The fourth-order valence-electron chi connectivity index (χ4n) is 1.97. The molecule has 108 valence electrons. The Bertz CT molecular complexity index is 401. The summed E-state index contributed by atoms with van der Waals surface area (Å²) in [6.45, 7) is 3.94. The summed E-state index contributed by atoms with van der Waals surface area (Å²) in [5, 5.41) is 4.14. The summed E-state index contributed by atoms with van der Waals surface area (Å²) in [5.74, 6) is 0.643. The summed E-state index contributed by atoms with van der Waals surface area (Å²) in [6.07, 6.45) is 5.93. The Kier molecular flexibility index (Phi) is 7.14. The monoisotopic (exact) mass is 379 g/mol. The first-order valence-electron chi connectivity index (χ1n) is 6.36. The third-order valence-electron chi connectivity index (χ3n) is 2.99. The van der Waals surface area contributed by atoms with E-state index in [1.54, 1.807) is 0 Å². The van der Waals surface area contributed by atoms with E-state index in [-0.39, 0.29) is 24.0 Å². The van der Waals surface area contributed by atoms with Crippen LogP contribution in [0.3, 0.4) is 0 Å². The maximum atomic E-state index is 5.94. The van der Waals surface area contributed by atoms with Gasteiger partial charge in [-0.1, -0.05) is 0 Å². The fraction of sp³-hybridized carbons (Fsp3) is 0.667. The van der Waals surface area contributed by atoms with Crippen LogP contribution in [0.15, 0.2) is 17.4 Å². The number of morpholine rings is 1.